The molecule has 2 N–H and O–H groups in total. The minimum absolute atomic E-state index is 0.0784. The molecule has 15 heavy (non-hydrogen) atoms. The molecule has 1 heterocycles. The van der Waals surface area contributed by atoms with Crippen LogP contribution in [0, 0.1) is 5.92 Å². The Morgan fingerprint density at radius 1 is 1.53 bits per heavy atom. The lowest BCUT2D eigenvalue weighted by Crippen LogP contribution is -2.43. The van der Waals surface area contributed by atoms with Gasteiger partial charge in [-0.15, -0.1) is 0 Å². The summed E-state index contributed by atoms with van der Waals surface area (Å²) in [6, 6.07) is -0.823. The highest BCUT2D eigenvalue weighted by atomic mass is 16.5. The number of carboxylic acid groups (broad SMARTS) is 1. The predicted octanol–water partition coefficient (Wildman–Crippen LogP) is 0.391. The maximum absolute atomic E-state index is 11.6. The summed E-state index contributed by atoms with van der Waals surface area (Å²) in [5.74, 6) is -1.31. The molecule has 3 atom stereocenters. The lowest BCUT2D eigenvalue weighted by molar-refractivity contribution is -0.142. The van der Waals surface area contributed by atoms with Gasteiger partial charge in [0.2, 0.25) is 5.91 Å². The van der Waals surface area contributed by atoms with Gasteiger partial charge in [0.05, 0.1) is 6.10 Å². The summed E-state index contributed by atoms with van der Waals surface area (Å²) in [4.78, 5) is 22.2. The summed E-state index contributed by atoms with van der Waals surface area (Å²) in [6.45, 7) is 3.95. The molecule has 1 amide bonds. The van der Waals surface area contributed by atoms with E-state index in [2.05, 4.69) is 5.32 Å². The molecule has 0 aliphatic carbocycles. The number of carboxylic acids is 1. The number of amides is 1. The van der Waals surface area contributed by atoms with Crippen LogP contribution >= 0.6 is 0 Å². The Hall–Kier alpha value is -1.10. The third kappa shape index (κ3) is 3.51. The van der Waals surface area contributed by atoms with Crippen LogP contribution < -0.4 is 5.32 Å². The van der Waals surface area contributed by atoms with Crippen molar-refractivity contribution in [2.24, 2.45) is 5.92 Å². The molecule has 0 spiro atoms. The van der Waals surface area contributed by atoms with Crippen molar-refractivity contribution in [1.82, 2.24) is 5.32 Å². The summed E-state index contributed by atoms with van der Waals surface area (Å²) in [5, 5.41) is 11.1. The van der Waals surface area contributed by atoms with Crippen LogP contribution in [0.3, 0.4) is 0 Å². The summed E-state index contributed by atoms with van der Waals surface area (Å²) in [7, 11) is 0. The van der Waals surface area contributed by atoms with Gasteiger partial charge in [-0.05, 0) is 26.7 Å². The van der Waals surface area contributed by atoms with E-state index in [0.717, 1.165) is 0 Å². The van der Waals surface area contributed by atoms with Gasteiger partial charge in [0, 0.05) is 12.5 Å². The van der Waals surface area contributed by atoms with Crippen molar-refractivity contribution in [3.8, 4) is 0 Å². The normalized spacial score (nSPS) is 28.1. The largest absolute Gasteiger partial charge is 0.480 e. The van der Waals surface area contributed by atoms with E-state index in [1.807, 2.05) is 6.92 Å². The van der Waals surface area contributed by atoms with Crippen molar-refractivity contribution < 1.29 is 19.4 Å². The number of nitrogens with one attached hydrogen (secondary N) is 1. The Morgan fingerprint density at radius 3 is 2.73 bits per heavy atom. The van der Waals surface area contributed by atoms with Crippen molar-refractivity contribution >= 4 is 11.9 Å². The van der Waals surface area contributed by atoms with Crippen molar-refractivity contribution in [2.75, 3.05) is 6.61 Å². The molecule has 1 saturated heterocycles. The second-order valence-electron chi connectivity index (χ2n) is 3.97. The van der Waals surface area contributed by atoms with E-state index in [1.165, 1.54) is 6.92 Å². The molecule has 0 aromatic rings. The average Bonchev–Trinajstić information content (AvgIpc) is 2.17. The lowest BCUT2D eigenvalue weighted by Gasteiger charge is -2.26. The number of aliphatic carboxylic acids is 1. The monoisotopic (exact) mass is 215 g/mol. The first kappa shape index (κ1) is 12.0. The van der Waals surface area contributed by atoms with E-state index in [4.69, 9.17) is 9.84 Å². The molecule has 1 rings (SSSR count). The van der Waals surface area contributed by atoms with Crippen LogP contribution in [-0.2, 0) is 14.3 Å². The first-order chi connectivity index (χ1) is 7.00. The zero-order valence-corrected chi connectivity index (χ0v) is 9.03. The molecule has 2 unspecified atom stereocenters. The summed E-state index contributed by atoms with van der Waals surface area (Å²) in [5.41, 5.74) is 0. The van der Waals surface area contributed by atoms with Crippen LogP contribution in [0.15, 0.2) is 0 Å². The number of hydrogen-bond acceptors (Lipinski definition) is 3. The molecule has 5 nitrogen and oxygen atoms in total. The van der Waals surface area contributed by atoms with E-state index >= 15 is 0 Å². The van der Waals surface area contributed by atoms with Crippen LogP contribution in [0.4, 0.5) is 0 Å². The van der Waals surface area contributed by atoms with Gasteiger partial charge in [-0.3, -0.25) is 9.59 Å². The van der Waals surface area contributed by atoms with Gasteiger partial charge >= 0.3 is 5.97 Å². The zero-order chi connectivity index (χ0) is 11.4. The maximum atomic E-state index is 11.6. The maximum Gasteiger partial charge on any atom is 0.325 e. The van der Waals surface area contributed by atoms with Crippen LogP contribution in [0.2, 0.25) is 0 Å². The third-order valence-corrected chi connectivity index (χ3v) is 2.59. The molecule has 0 saturated carbocycles. The Labute approximate surface area is 88.8 Å². The Balaban J connectivity index is 2.42. The molecule has 1 fully saturated rings. The highest BCUT2D eigenvalue weighted by Crippen LogP contribution is 2.19. The van der Waals surface area contributed by atoms with Crippen LogP contribution in [-0.4, -0.2) is 35.7 Å². The SMILES string of the molecule is CC1CC(C(=O)N[C@@H](C)C(=O)O)CCO1. The van der Waals surface area contributed by atoms with Gasteiger partial charge in [0.1, 0.15) is 6.04 Å². The molecule has 5 heteroatoms. The van der Waals surface area contributed by atoms with Crippen molar-refractivity contribution in [2.45, 2.75) is 38.8 Å². The minimum atomic E-state index is -1.01. The topological polar surface area (TPSA) is 75.6 Å². The number of carbonyl (C=O) groups excluding carboxylic acids is 1. The standard InChI is InChI=1S/C10H17NO4/c1-6-5-8(3-4-15-6)9(12)11-7(2)10(13)14/h6-8H,3-5H2,1-2H3,(H,11,12)(H,13,14)/t6?,7-,8?/m0/s1. The molecular formula is C10H17NO4. The fraction of sp³-hybridized carbons (Fsp3) is 0.800. The summed E-state index contributed by atoms with van der Waals surface area (Å²) < 4.78 is 5.31. The number of rotatable bonds is 3. The Bertz CT molecular complexity index is 254. The quantitative estimate of drug-likeness (QED) is 0.714. The molecular weight excluding hydrogens is 198 g/mol. The molecule has 86 valence electrons. The van der Waals surface area contributed by atoms with E-state index in [-0.39, 0.29) is 17.9 Å². The third-order valence-electron chi connectivity index (χ3n) is 2.59. The molecule has 0 bridgehead atoms. The zero-order valence-electron chi connectivity index (χ0n) is 9.03. The van der Waals surface area contributed by atoms with Crippen LogP contribution in [0.5, 0.6) is 0 Å². The van der Waals surface area contributed by atoms with Gasteiger partial charge in [0.15, 0.2) is 0 Å². The molecule has 0 aromatic carbocycles. The molecule has 1 aliphatic heterocycles. The first-order valence-corrected chi connectivity index (χ1v) is 5.15. The predicted molar refractivity (Wildman–Crippen MR) is 53.4 cm³/mol. The second kappa shape index (κ2) is 5.11. The van der Waals surface area contributed by atoms with Gasteiger partial charge in [-0.2, -0.15) is 0 Å². The van der Waals surface area contributed by atoms with E-state index < -0.39 is 12.0 Å². The number of ether oxygens (including phenoxy) is 1. The van der Waals surface area contributed by atoms with Crippen molar-refractivity contribution in [1.29, 1.82) is 0 Å². The number of carbonyl (C=O) groups is 2. The lowest BCUT2D eigenvalue weighted by atomic mass is 9.95. The fourth-order valence-electron chi connectivity index (χ4n) is 1.63. The summed E-state index contributed by atoms with van der Waals surface area (Å²) >= 11 is 0. The van der Waals surface area contributed by atoms with E-state index in [0.29, 0.717) is 19.4 Å². The second-order valence-corrected chi connectivity index (χ2v) is 3.97. The van der Waals surface area contributed by atoms with Gasteiger partial charge in [-0.25, -0.2) is 0 Å². The highest BCUT2D eigenvalue weighted by Gasteiger charge is 2.27. The van der Waals surface area contributed by atoms with Crippen molar-refractivity contribution in [3.63, 3.8) is 0 Å². The Kier molecular flexibility index (Phi) is 4.08. The summed E-state index contributed by atoms with van der Waals surface area (Å²) in [6.07, 6.45) is 1.41. The molecule has 0 radical (unpaired) electrons. The van der Waals surface area contributed by atoms with Crippen molar-refractivity contribution in [3.05, 3.63) is 0 Å². The Morgan fingerprint density at radius 2 is 2.20 bits per heavy atom. The minimum Gasteiger partial charge on any atom is -0.480 e. The highest BCUT2D eigenvalue weighted by molar-refractivity contribution is 5.84. The van der Waals surface area contributed by atoms with Gasteiger partial charge in [-0.1, -0.05) is 0 Å². The molecule has 0 aromatic heterocycles. The fourth-order valence-corrected chi connectivity index (χ4v) is 1.63. The number of hydrogen-bond donors (Lipinski definition) is 2. The smallest absolute Gasteiger partial charge is 0.325 e. The van der Waals surface area contributed by atoms with Gasteiger partial charge in [0.25, 0.3) is 0 Å². The van der Waals surface area contributed by atoms with E-state index in [9.17, 15) is 9.59 Å². The van der Waals surface area contributed by atoms with Gasteiger partial charge < -0.3 is 15.2 Å². The molecule has 1 aliphatic rings. The average molecular weight is 215 g/mol. The van der Waals surface area contributed by atoms with E-state index in [1.54, 1.807) is 0 Å². The first-order valence-electron chi connectivity index (χ1n) is 5.15. The van der Waals surface area contributed by atoms with Crippen LogP contribution in [0.1, 0.15) is 26.7 Å². The van der Waals surface area contributed by atoms with Crippen LogP contribution in [0.25, 0.3) is 0 Å².